The maximum atomic E-state index is 12.0. The maximum absolute atomic E-state index is 12.0. The smallest absolute Gasteiger partial charge is 0.338 e. The lowest BCUT2D eigenvalue weighted by Crippen LogP contribution is -2.06. The molecule has 0 N–H and O–H groups in total. The highest BCUT2D eigenvalue weighted by molar-refractivity contribution is 5.98. The van der Waals surface area contributed by atoms with Gasteiger partial charge in [0, 0.05) is 10.9 Å². The fourth-order valence-corrected chi connectivity index (χ4v) is 2.72. The van der Waals surface area contributed by atoms with Crippen LogP contribution >= 0.6 is 0 Å². The molecule has 5 nitrogen and oxygen atoms in total. The zero-order chi connectivity index (χ0) is 18.5. The summed E-state index contributed by atoms with van der Waals surface area (Å²) in [6.45, 7) is 4.20. The summed E-state index contributed by atoms with van der Waals surface area (Å²) in [5.41, 5.74) is 2.98. The van der Waals surface area contributed by atoms with Crippen LogP contribution in [0, 0.1) is 6.92 Å². The van der Waals surface area contributed by atoms with Crippen LogP contribution in [-0.2, 0) is 11.3 Å². The number of rotatable bonds is 6. The maximum Gasteiger partial charge on any atom is 0.338 e. The Balaban J connectivity index is 2.07. The molecule has 0 aliphatic carbocycles. The molecule has 26 heavy (non-hydrogen) atoms. The van der Waals surface area contributed by atoms with E-state index in [-0.39, 0.29) is 0 Å². The minimum absolute atomic E-state index is 0.301. The van der Waals surface area contributed by atoms with Crippen LogP contribution in [0.15, 0.2) is 48.5 Å². The van der Waals surface area contributed by atoms with E-state index in [0.717, 1.165) is 5.56 Å². The summed E-state index contributed by atoms with van der Waals surface area (Å²) < 4.78 is 11.1. The molecular formula is C21H19NO4. The van der Waals surface area contributed by atoms with Crippen LogP contribution in [0.3, 0.4) is 0 Å². The number of esters is 1. The molecule has 3 aromatic rings. The van der Waals surface area contributed by atoms with E-state index >= 15 is 0 Å². The van der Waals surface area contributed by atoms with E-state index in [0.29, 0.717) is 53.0 Å². The summed E-state index contributed by atoms with van der Waals surface area (Å²) in [4.78, 5) is 27.8. The van der Waals surface area contributed by atoms with Crippen LogP contribution < -0.4 is 4.74 Å². The molecule has 0 fully saturated rings. The predicted molar refractivity (Wildman–Crippen MR) is 98.6 cm³/mol. The molecular weight excluding hydrogens is 330 g/mol. The lowest BCUT2D eigenvalue weighted by Gasteiger charge is -2.14. The fraction of sp³-hybridized carbons (Fsp3) is 0.190. The average Bonchev–Trinajstić information content (AvgIpc) is 2.67. The molecule has 0 amide bonds. The monoisotopic (exact) mass is 349 g/mol. The molecule has 0 unspecified atom stereocenters. The largest absolute Gasteiger partial charge is 0.488 e. The summed E-state index contributed by atoms with van der Waals surface area (Å²) in [5, 5.41) is 0.676. The molecule has 0 bridgehead atoms. The Kier molecular flexibility index (Phi) is 5.27. The van der Waals surface area contributed by atoms with Gasteiger partial charge in [-0.05, 0) is 37.6 Å². The highest BCUT2D eigenvalue weighted by atomic mass is 16.5. The summed E-state index contributed by atoms with van der Waals surface area (Å²) >= 11 is 0. The molecule has 0 atom stereocenters. The fourth-order valence-electron chi connectivity index (χ4n) is 2.72. The minimum Gasteiger partial charge on any atom is -0.488 e. The van der Waals surface area contributed by atoms with Crippen molar-refractivity contribution in [3.8, 4) is 5.75 Å². The van der Waals surface area contributed by atoms with Crippen molar-refractivity contribution in [2.75, 3.05) is 6.61 Å². The minimum atomic E-state index is -0.402. The van der Waals surface area contributed by atoms with E-state index in [2.05, 4.69) is 4.98 Å². The van der Waals surface area contributed by atoms with Gasteiger partial charge in [-0.25, -0.2) is 9.78 Å². The van der Waals surface area contributed by atoms with Gasteiger partial charge in [-0.15, -0.1) is 0 Å². The van der Waals surface area contributed by atoms with E-state index in [1.807, 2.05) is 30.3 Å². The summed E-state index contributed by atoms with van der Waals surface area (Å²) in [5.74, 6) is 0.146. The van der Waals surface area contributed by atoms with Crippen LogP contribution in [0.2, 0.25) is 0 Å². The van der Waals surface area contributed by atoms with Gasteiger partial charge in [-0.1, -0.05) is 30.3 Å². The van der Waals surface area contributed by atoms with Crippen molar-refractivity contribution >= 4 is 23.2 Å². The zero-order valence-corrected chi connectivity index (χ0v) is 14.7. The molecule has 0 aliphatic rings. The number of carbonyl (C=O) groups excluding carboxylic acids is 2. The van der Waals surface area contributed by atoms with E-state index < -0.39 is 5.97 Å². The Morgan fingerprint density at radius 3 is 2.62 bits per heavy atom. The Hall–Kier alpha value is -3.21. The van der Waals surface area contributed by atoms with Gasteiger partial charge in [0.2, 0.25) is 0 Å². The summed E-state index contributed by atoms with van der Waals surface area (Å²) in [6, 6.07) is 14.8. The van der Waals surface area contributed by atoms with Gasteiger partial charge in [0.1, 0.15) is 18.1 Å². The van der Waals surface area contributed by atoms with Gasteiger partial charge in [-0.3, -0.25) is 4.79 Å². The third-order valence-corrected chi connectivity index (χ3v) is 4.06. The number of fused-ring (bicyclic) bond motifs is 1. The quantitative estimate of drug-likeness (QED) is 0.495. The zero-order valence-electron chi connectivity index (χ0n) is 14.7. The van der Waals surface area contributed by atoms with Crippen LogP contribution in [0.5, 0.6) is 5.75 Å². The normalized spacial score (nSPS) is 10.5. The number of pyridine rings is 1. The number of benzene rings is 2. The molecule has 3 rings (SSSR count). The van der Waals surface area contributed by atoms with Gasteiger partial charge < -0.3 is 9.47 Å². The van der Waals surface area contributed by atoms with E-state index in [9.17, 15) is 9.59 Å². The second-order valence-corrected chi connectivity index (χ2v) is 5.80. The van der Waals surface area contributed by atoms with Crippen molar-refractivity contribution in [2.45, 2.75) is 20.5 Å². The van der Waals surface area contributed by atoms with Gasteiger partial charge >= 0.3 is 5.97 Å². The highest BCUT2D eigenvalue weighted by Crippen LogP contribution is 2.31. The topological polar surface area (TPSA) is 65.5 Å². The van der Waals surface area contributed by atoms with Crippen LogP contribution in [0.4, 0.5) is 0 Å². The Labute approximate surface area is 151 Å². The van der Waals surface area contributed by atoms with Crippen LogP contribution in [0.1, 0.15) is 38.9 Å². The standard InChI is InChI=1S/C21H19NO4/c1-3-25-21(24)16-9-10-18-17(11-16)20(14(2)19(12-23)22-18)26-13-15-7-5-4-6-8-15/h4-12H,3,13H2,1-2H3. The molecule has 5 heteroatoms. The average molecular weight is 349 g/mol. The lowest BCUT2D eigenvalue weighted by atomic mass is 10.1. The van der Waals surface area contributed by atoms with Crippen molar-refractivity contribution in [3.05, 3.63) is 70.9 Å². The van der Waals surface area contributed by atoms with Gasteiger partial charge in [0.05, 0.1) is 17.7 Å². The van der Waals surface area contributed by atoms with Gasteiger partial charge in [0.15, 0.2) is 6.29 Å². The van der Waals surface area contributed by atoms with Gasteiger partial charge in [-0.2, -0.15) is 0 Å². The number of hydrogen-bond acceptors (Lipinski definition) is 5. The van der Waals surface area contributed by atoms with Crippen molar-refractivity contribution in [2.24, 2.45) is 0 Å². The third-order valence-electron chi connectivity index (χ3n) is 4.06. The predicted octanol–water partition coefficient (Wildman–Crippen LogP) is 4.11. The first-order valence-corrected chi connectivity index (χ1v) is 8.37. The second-order valence-electron chi connectivity index (χ2n) is 5.80. The Morgan fingerprint density at radius 2 is 1.92 bits per heavy atom. The van der Waals surface area contributed by atoms with Gasteiger partial charge in [0.25, 0.3) is 0 Å². The number of nitrogens with zero attached hydrogens (tertiary/aromatic N) is 1. The molecule has 132 valence electrons. The number of aromatic nitrogens is 1. The Bertz CT molecular complexity index is 951. The molecule has 2 aromatic carbocycles. The number of carbonyl (C=O) groups is 2. The summed E-state index contributed by atoms with van der Waals surface area (Å²) in [7, 11) is 0. The van der Waals surface area contributed by atoms with Crippen molar-refractivity contribution in [1.82, 2.24) is 4.98 Å². The lowest BCUT2D eigenvalue weighted by molar-refractivity contribution is 0.0526. The van der Waals surface area contributed by atoms with Crippen molar-refractivity contribution in [3.63, 3.8) is 0 Å². The molecule has 0 radical (unpaired) electrons. The third kappa shape index (κ3) is 3.57. The molecule has 0 aliphatic heterocycles. The molecule has 0 saturated heterocycles. The van der Waals surface area contributed by atoms with Crippen molar-refractivity contribution < 1.29 is 19.1 Å². The van der Waals surface area contributed by atoms with E-state index in [4.69, 9.17) is 9.47 Å². The molecule has 1 heterocycles. The Morgan fingerprint density at radius 1 is 1.15 bits per heavy atom. The molecule has 0 spiro atoms. The van der Waals surface area contributed by atoms with E-state index in [1.54, 1.807) is 32.0 Å². The SMILES string of the molecule is CCOC(=O)c1ccc2nc(C=O)c(C)c(OCc3ccccc3)c2c1. The second kappa shape index (κ2) is 7.78. The first kappa shape index (κ1) is 17.6. The first-order chi connectivity index (χ1) is 12.6. The number of ether oxygens (including phenoxy) is 2. The summed E-state index contributed by atoms with van der Waals surface area (Å²) in [6.07, 6.45) is 0.712. The van der Waals surface area contributed by atoms with Crippen LogP contribution in [0.25, 0.3) is 10.9 Å². The number of hydrogen-bond donors (Lipinski definition) is 0. The van der Waals surface area contributed by atoms with Crippen LogP contribution in [-0.4, -0.2) is 23.8 Å². The highest BCUT2D eigenvalue weighted by Gasteiger charge is 2.16. The first-order valence-electron chi connectivity index (χ1n) is 8.37. The van der Waals surface area contributed by atoms with Crippen molar-refractivity contribution in [1.29, 1.82) is 0 Å². The van der Waals surface area contributed by atoms with E-state index in [1.165, 1.54) is 0 Å². The molecule has 0 saturated carbocycles. The molecule has 1 aromatic heterocycles. The number of aldehydes is 1.